The zero-order valence-corrected chi connectivity index (χ0v) is 13.6. The van der Waals surface area contributed by atoms with Crippen LogP contribution in [0.4, 0.5) is 13.2 Å². The van der Waals surface area contributed by atoms with Gasteiger partial charge in [-0.15, -0.1) is 0 Å². The van der Waals surface area contributed by atoms with Crippen molar-refractivity contribution in [3.8, 4) is 0 Å². The van der Waals surface area contributed by atoms with Gasteiger partial charge >= 0.3 is 19.5 Å². The van der Waals surface area contributed by atoms with E-state index in [1.165, 1.54) is 48.5 Å². The Hall–Kier alpha value is -1.49. The van der Waals surface area contributed by atoms with Crippen LogP contribution < -0.4 is 10.6 Å². The van der Waals surface area contributed by atoms with Gasteiger partial charge in [0.25, 0.3) is 0 Å². The third-order valence-corrected chi connectivity index (χ3v) is 5.66. The van der Waals surface area contributed by atoms with Crippen molar-refractivity contribution in [1.82, 2.24) is 0 Å². The number of alkyl halides is 3. The highest BCUT2D eigenvalue weighted by molar-refractivity contribution is 7.74. The summed E-state index contributed by atoms with van der Waals surface area (Å²) in [4.78, 5) is 11.2. The fraction of sp³-hybridized carbons (Fsp3) is 0.0714. The summed E-state index contributed by atoms with van der Waals surface area (Å²) in [5.41, 5.74) is 0. The Bertz CT molecular complexity index is 709. The Labute approximate surface area is 139 Å². The average Bonchev–Trinajstić information content (AvgIpc) is 2.47. The molecule has 0 unspecified atom stereocenters. The predicted molar refractivity (Wildman–Crippen MR) is 81.9 cm³/mol. The monoisotopic (exact) mass is 382 g/mol. The highest BCUT2D eigenvalue weighted by atomic mass is 35.5. The number of rotatable bonds is 3. The summed E-state index contributed by atoms with van der Waals surface area (Å²) in [5.74, 6) is -2.54. The minimum absolute atomic E-state index is 0.0955. The topological polar surface area (TPSA) is 43.4 Å². The lowest BCUT2D eigenvalue weighted by molar-refractivity contribution is -0.189. The van der Waals surface area contributed by atoms with E-state index in [2.05, 4.69) is 4.52 Å². The van der Waals surface area contributed by atoms with Gasteiger partial charge in [-0.3, -0.25) is 4.57 Å². The quantitative estimate of drug-likeness (QED) is 0.742. The first kappa shape index (κ1) is 17.9. The maximum absolute atomic E-state index is 13.1. The molecule has 9 heteroatoms. The van der Waals surface area contributed by atoms with E-state index in [-0.39, 0.29) is 10.6 Å². The highest BCUT2D eigenvalue weighted by Gasteiger charge is 2.46. The fourth-order valence-electron chi connectivity index (χ4n) is 1.70. The van der Waals surface area contributed by atoms with E-state index in [1.807, 2.05) is 0 Å². The van der Waals surface area contributed by atoms with Crippen LogP contribution in [0.2, 0.25) is 10.0 Å². The SMILES string of the molecule is O=C(OP(=O)(c1ccc(Cl)cc1)c1ccc(Cl)cc1)C(F)(F)F. The molecule has 0 aliphatic heterocycles. The van der Waals surface area contributed by atoms with Crippen LogP contribution in [0.5, 0.6) is 0 Å². The summed E-state index contributed by atoms with van der Waals surface area (Å²) >= 11 is 11.4. The van der Waals surface area contributed by atoms with Crippen molar-refractivity contribution >= 4 is 47.1 Å². The van der Waals surface area contributed by atoms with E-state index in [0.717, 1.165) is 0 Å². The Morgan fingerprint density at radius 2 is 1.22 bits per heavy atom. The first-order valence-electron chi connectivity index (χ1n) is 6.06. The molecule has 23 heavy (non-hydrogen) atoms. The second kappa shape index (κ2) is 6.56. The minimum atomic E-state index is -5.27. The van der Waals surface area contributed by atoms with Crippen molar-refractivity contribution < 1.29 is 27.1 Å². The van der Waals surface area contributed by atoms with Gasteiger partial charge in [-0.25, -0.2) is 4.79 Å². The Balaban J connectivity index is 2.54. The van der Waals surface area contributed by atoms with Gasteiger partial charge in [0.15, 0.2) is 0 Å². The lowest BCUT2D eigenvalue weighted by atomic mass is 10.4. The number of benzene rings is 2. The summed E-state index contributed by atoms with van der Waals surface area (Å²) < 4.78 is 54.9. The highest BCUT2D eigenvalue weighted by Crippen LogP contribution is 2.46. The predicted octanol–water partition coefficient (Wildman–Crippen LogP) is 4.33. The van der Waals surface area contributed by atoms with E-state index in [0.29, 0.717) is 10.0 Å². The molecule has 0 aliphatic rings. The fourth-order valence-corrected chi connectivity index (χ4v) is 3.88. The van der Waals surface area contributed by atoms with Crippen LogP contribution >= 0.6 is 30.6 Å². The standard InChI is InChI=1S/C14H8Cl2F3O3P/c15-9-1-5-11(6-2-9)23(21,22-13(20)14(17,18)19)12-7-3-10(16)4-8-12/h1-8H. The van der Waals surface area contributed by atoms with Crippen LogP contribution in [0.1, 0.15) is 0 Å². The van der Waals surface area contributed by atoms with Gasteiger partial charge in [-0.05, 0) is 48.5 Å². The third kappa shape index (κ3) is 4.08. The maximum Gasteiger partial charge on any atom is 0.491 e. The van der Waals surface area contributed by atoms with Crippen molar-refractivity contribution in [3.05, 3.63) is 58.6 Å². The number of carbonyl (C=O) groups is 1. The van der Waals surface area contributed by atoms with Crippen molar-refractivity contribution in [2.75, 3.05) is 0 Å². The lowest BCUT2D eigenvalue weighted by Crippen LogP contribution is -2.29. The first-order valence-corrected chi connectivity index (χ1v) is 8.44. The Morgan fingerprint density at radius 1 is 0.870 bits per heavy atom. The second-order valence-corrected chi connectivity index (χ2v) is 7.57. The van der Waals surface area contributed by atoms with Crippen LogP contribution in [-0.2, 0) is 13.9 Å². The summed E-state index contributed by atoms with van der Waals surface area (Å²) in [6.07, 6.45) is -5.27. The molecule has 0 saturated carbocycles. The van der Waals surface area contributed by atoms with Crippen LogP contribution in [0.3, 0.4) is 0 Å². The summed E-state index contributed by atoms with van der Waals surface area (Å²) in [5, 5.41) is 0.390. The van der Waals surface area contributed by atoms with Crippen molar-refractivity contribution in [3.63, 3.8) is 0 Å². The molecule has 2 aromatic carbocycles. The molecule has 0 amide bonds. The molecule has 0 N–H and O–H groups in total. The molecule has 2 aromatic rings. The summed E-state index contributed by atoms with van der Waals surface area (Å²) in [7, 11) is -4.30. The molecule has 122 valence electrons. The number of hydrogen-bond acceptors (Lipinski definition) is 3. The van der Waals surface area contributed by atoms with Crippen molar-refractivity contribution in [1.29, 1.82) is 0 Å². The van der Waals surface area contributed by atoms with Gasteiger partial charge in [0.2, 0.25) is 0 Å². The lowest BCUT2D eigenvalue weighted by Gasteiger charge is -2.20. The summed E-state index contributed by atoms with van der Waals surface area (Å²) in [6.45, 7) is 0. The van der Waals surface area contributed by atoms with Gasteiger partial charge in [-0.2, -0.15) is 13.2 Å². The van der Waals surface area contributed by atoms with Gasteiger partial charge in [-0.1, -0.05) is 23.2 Å². The number of halogens is 5. The second-order valence-electron chi connectivity index (χ2n) is 4.38. The Morgan fingerprint density at radius 3 is 1.52 bits per heavy atom. The molecule has 0 fully saturated rings. The number of hydrogen-bond donors (Lipinski definition) is 0. The van der Waals surface area contributed by atoms with Crippen molar-refractivity contribution in [2.45, 2.75) is 6.18 Å². The molecule has 3 nitrogen and oxygen atoms in total. The molecular formula is C14H8Cl2F3O3P. The van der Waals surface area contributed by atoms with E-state index in [4.69, 9.17) is 23.2 Å². The van der Waals surface area contributed by atoms with Crippen LogP contribution in [0.25, 0.3) is 0 Å². The average molecular weight is 383 g/mol. The molecule has 0 atom stereocenters. The minimum Gasteiger partial charge on any atom is -0.398 e. The number of carbonyl (C=O) groups excluding carboxylic acids is 1. The molecule has 0 heterocycles. The molecular weight excluding hydrogens is 375 g/mol. The molecule has 0 aromatic heterocycles. The largest absolute Gasteiger partial charge is 0.491 e. The van der Waals surface area contributed by atoms with Gasteiger partial charge in [0.05, 0.1) is 10.6 Å². The van der Waals surface area contributed by atoms with Gasteiger partial charge < -0.3 is 4.52 Å². The van der Waals surface area contributed by atoms with Crippen LogP contribution in [0.15, 0.2) is 48.5 Å². The summed E-state index contributed by atoms with van der Waals surface area (Å²) in [6, 6.07) is 10.3. The van der Waals surface area contributed by atoms with E-state index in [1.54, 1.807) is 0 Å². The van der Waals surface area contributed by atoms with E-state index < -0.39 is 19.5 Å². The molecule has 0 aliphatic carbocycles. The van der Waals surface area contributed by atoms with E-state index in [9.17, 15) is 22.5 Å². The van der Waals surface area contributed by atoms with Gasteiger partial charge in [0, 0.05) is 10.0 Å². The molecule has 0 spiro atoms. The molecule has 0 radical (unpaired) electrons. The Kier molecular flexibility index (Phi) is 5.09. The van der Waals surface area contributed by atoms with E-state index >= 15 is 0 Å². The third-order valence-electron chi connectivity index (χ3n) is 2.78. The van der Waals surface area contributed by atoms with Crippen LogP contribution in [0, 0.1) is 0 Å². The zero-order chi connectivity index (χ0) is 17.3. The molecule has 2 rings (SSSR count). The normalized spacial score (nSPS) is 12.0. The van der Waals surface area contributed by atoms with Crippen molar-refractivity contribution in [2.24, 2.45) is 0 Å². The van der Waals surface area contributed by atoms with Crippen LogP contribution in [-0.4, -0.2) is 12.1 Å². The first-order chi connectivity index (χ1) is 10.6. The smallest absolute Gasteiger partial charge is 0.398 e. The molecule has 0 bridgehead atoms. The zero-order valence-electron chi connectivity index (χ0n) is 11.2. The maximum atomic E-state index is 13.1. The molecule has 0 saturated heterocycles. The van der Waals surface area contributed by atoms with Gasteiger partial charge in [0.1, 0.15) is 0 Å².